The topological polar surface area (TPSA) is 113 Å². The van der Waals surface area contributed by atoms with Crippen molar-refractivity contribution in [1.29, 1.82) is 0 Å². The van der Waals surface area contributed by atoms with Crippen LogP contribution in [0.4, 0.5) is 14.6 Å². The van der Waals surface area contributed by atoms with E-state index in [1.54, 1.807) is 12.1 Å². The van der Waals surface area contributed by atoms with Crippen molar-refractivity contribution in [3.05, 3.63) is 70.8 Å². The minimum Gasteiger partial charge on any atom is -0.384 e. The van der Waals surface area contributed by atoms with Gasteiger partial charge in [-0.3, -0.25) is 10.2 Å². The van der Waals surface area contributed by atoms with Gasteiger partial charge in [-0.25, -0.2) is 23.7 Å². The van der Waals surface area contributed by atoms with Gasteiger partial charge in [-0.05, 0) is 30.7 Å². The zero-order valence-electron chi connectivity index (χ0n) is 19.4. The Bertz CT molecular complexity index is 1410. The third kappa shape index (κ3) is 4.40. The standard InChI is InChI=1S/C25H22F2N8O/c1-2-20-17(5-3-15-4-6-21(28)29-11-15)24(31-13-30-20)16-9-18(26)23(19(27)10-16)25(36)34-7-8-35-14-32-33-22(35)12-34/h4,6,9-11,13,32H,2,7-8,12,14H2,1H3,(H2,28,29). The molecule has 0 unspecified atom stereocenters. The fourth-order valence-corrected chi connectivity index (χ4v) is 4.11. The summed E-state index contributed by atoms with van der Waals surface area (Å²) in [6.45, 7) is 3.51. The molecule has 2 aliphatic heterocycles. The monoisotopic (exact) mass is 488 g/mol. The Kier molecular flexibility index (Phi) is 6.16. The third-order valence-corrected chi connectivity index (χ3v) is 6.00. The Morgan fingerprint density at radius 3 is 2.67 bits per heavy atom. The molecule has 182 valence electrons. The number of nitrogens with zero attached hydrogens (tertiary/aromatic N) is 6. The predicted octanol–water partition coefficient (Wildman–Crippen LogP) is 1.99. The van der Waals surface area contributed by atoms with E-state index in [2.05, 4.69) is 37.3 Å². The summed E-state index contributed by atoms with van der Waals surface area (Å²) < 4.78 is 30.5. The number of aryl methyl sites for hydroxylation is 1. The second-order valence-corrected chi connectivity index (χ2v) is 8.27. The van der Waals surface area contributed by atoms with Crippen LogP contribution in [0, 0.1) is 23.5 Å². The Morgan fingerprint density at radius 1 is 1.14 bits per heavy atom. The zero-order valence-corrected chi connectivity index (χ0v) is 19.4. The second kappa shape index (κ2) is 9.58. The minimum absolute atomic E-state index is 0.160. The van der Waals surface area contributed by atoms with Crippen molar-refractivity contribution in [2.24, 2.45) is 5.10 Å². The van der Waals surface area contributed by atoms with Gasteiger partial charge >= 0.3 is 0 Å². The predicted molar refractivity (Wildman–Crippen MR) is 129 cm³/mol. The fraction of sp³-hybridized carbons (Fsp3) is 0.240. The average molecular weight is 489 g/mol. The van der Waals surface area contributed by atoms with E-state index < -0.39 is 23.1 Å². The highest BCUT2D eigenvalue weighted by molar-refractivity contribution is 5.99. The summed E-state index contributed by atoms with van der Waals surface area (Å²) >= 11 is 0. The van der Waals surface area contributed by atoms with Gasteiger partial charge in [0.15, 0.2) is 0 Å². The van der Waals surface area contributed by atoms with Crippen LogP contribution in [0.2, 0.25) is 0 Å². The number of fused-ring (bicyclic) bond motifs is 1. The Labute approximate surface area is 206 Å². The highest BCUT2D eigenvalue weighted by Gasteiger charge is 2.31. The van der Waals surface area contributed by atoms with Crippen LogP contribution < -0.4 is 11.2 Å². The molecule has 4 heterocycles. The van der Waals surface area contributed by atoms with Crippen molar-refractivity contribution in [3.8, 4) is 23.1 Å². The van der Waals surface area contributed by atoms with E-state index in [1.807, 2.05) is 11.8 Å². The number of hydrogen-bond acceptors (Lipinski definition) is 8. The lowest BCUT2D eigenvalue weighted by atomic mass is 10.0. The van der Waals surface area contributed by atoms with Crippen LogP contribution in [-0.2, 0) is 6.42 Å². The maximum absolute atomic E-state index is 15.2. The van der Waals surface area contributed by atoms with Gasteiger partial charge in [-0.2, -0.15) is 5.10 Å². The molecule has 1 saturated heterocycles. The summed E-state index contributed by atoms with van der Waals surface area (Å²) in [4.78, 5) is 28.9. The summed E-state index contributed by atoms with van der Waals surface area (Å²) in [6.07, 6.45) is 3.39. The van der Waals surface area contributed by atoms with Crippen LogP contribution >= 0.6 is 0 Å². The molecule has 11 heteroatoms. The van der Waals surface area contributed by atoms with E-state index in [-0.39, 0.29) is 17.8 Å². The van der Waals surface area contributed by atoms with Crippen LogP contribution in [0.5, 0.6) is 0 Å². The number of hydrogen-bond donors (Lipinski definition) is 2. The van der Waals surface area contributed by atoms with Gasteiger partial charge in [0.1, 0.15) is 41.8 Å². The third-order valence-electron chi connectivity index (χ3n) is 6.00. The number of aromatic nitrogens is 3. The Balaban J connectivity index is 1.50. The molecule has 5 rings (SSSR count). The van der Waals surface area contributed by atoms with E-state index >= 15 is 8.78 Å². The second-order valence-electron chi connectivity index (χ2n) is 8.27. The van der Waals surface area contributed by atoms with E-state index in [0.717, 1.165) is 12.1 Å². The molecule has 3 N–H and O–H groups in total. The molecule has 1 aromatic carbocycles. The van der Waals surface area contributed by atoms with E-state index in [9.17, 15) is 4.79 Å². The Hall–Kier alpha value is -4.59. The maximum Gasteiger partial charge on any atom is 0.260 e. The molecule has 0 bridgehead atoms. The first kappa shape index (κ1) is 23.2. The number of piperazine rings is 1. The van der Waals surface area contributed by atoms with Gasteiger partial charge in [-0.15, -0.1) is 0 Å². The molecule has 0 spiro atoms. The number of carbonyl (C=O) groups excluding carboxylic acids is 1. The highest BCUT2D eigenvalue weighted by Crippen LogP contribution is 2.28. The van der Waals surface area contributed by atoms with Gasteiger partial charge in [0, 0.05) is 30.4 Å². The summed E-state index contributed by atoms with van der Waals surface area (Å²) in [5, 5.41) is 4.13. The lowest BCUT2D eigenvalue weighted by Gasteiger charge is -2.33. The quantitative estimate of drug-likeness (QED) is 0.542. The summed E-state index contributed by atoms with van der Waals surface area (Å²) in [7, 11) is 0. The average Bonchev–Trinajstić information content (AvgIpc) is 3.35. The number of nitrogens with one attached hydrogen (secondary N) is 1. The maximum atomic E-state index is 15.2. The van der Waals surface area contributed by atoms with Crippen LogP contribution in [0.3, 0.4) is 0 Å². The van der Waals surface area contributed by atoms with Gasteiger partial charge in [0.25, 0.3) is 5.91 Å². The number of pyridine rings is 1. The zero-order chi connectivity index (χ0) is 25.2. The van der Waals surface area contributed by atoms with Crippen molar-refractivity contribution >= 4 is 17.6 Å². The molecule has 9 nitrogen and oxygen atoms in total. The van der Waals surface area contributed by atoms with Crippen molar-refractivity contribution in [2.75, 3.05) is 32.0 Å². The van der Waals surface area contributed by atoms with Crippen molar-refractivity contribution in [2.45, 2.75) is 13.3 Å². The smallest absolute Gasteiger partial charge is 0.260 e. The molecular weight excluding hydrogens is 466 g/mol. The largest absolute Gasteiger partial charge is 0.384 e. The normalized spacial score (nSPS) is 14.5. The fourth-order valence-electron chi connectivity index (χ4n) is 4.11. The van der Waals surface area contributed by atoms with Crippen LogP contribution in [0.15, 0.2) is 41.9 Å². The van der Waals surface area contributed by atoms with Gasteiger partial charge < -0.3 is 15.5 Å². The van der Waals surface area contributed by atoms with Crippen molar-refractivity contribution in [3.63, 3.8) is 0 Å². The highest BCUT2D eigenvalue weighted by atomic mass is 19.1. The van der Waals surface area contributed by atoms with Gasteiger partial charge in [0.05, 0.1) is 23.5 Å². The summed E-state index contributed by atoms with van der Waals surface area (Å²) in [5.41, 5.74) is 9.97. The molecule has 2 aliphatic rings. The van der Waals surface area contributed by atoms with E-state index in [4.69, 9.17) is 5.73 Å². The van der Waals surface area contributed by atoms with Gasteiger partial charge in [0.2, 0.25) is 0 Å². The molecule has 0 radical (unpaired) electrons. The molecule has 0 aliphatic carbocycles. The first-order chi connectivity index (χ1) is 17.4. The molecule has 2 aromatic heterocycles. The van der Waals surface area contributed by atoms with Crippen molar-refractivity contribution in [1.82, 2.24) is 30.2 Å². The number of halogens is 2. The van der Waals surface area contributed by atoms with Crippen LogP contribution in [0.1, 0.15) is 34.1 Å². The number of nitrogen functional groups attached to an aromatic ring is 1. The van der Waals surface area contributed by atoms with E-state index in [1.165, 1.54) is 17.4 Å². The minimum atomic E-state index is -0.970. The van der Waals surface area contributed by atoms with Crippen molar-refractivity contribution < 1.29 is 13.6 Å². The first-order valence-electron chi connectivity index (χ1n) is 11.3. The number of carbonyl (C=O) groups is 1. The number of anilines is 1. The molecule has 1 fully saturated rings. The van der Waals surface area contributed by atoms with Crippen LogP contribution in [-0.4, -0.2) is 62.8 Å². The van der Waals surface area contributed by atoms with E-state index in [0.29, 0.717) is 54.7 Å². The van der Waals surface area contributed by atoms with Gasteiger partial charge in [-0.1, -0.05) is 18.8 Å². The summed E-state index contributed by atoms with van der Waals surface area (Å²) in [6, 6.07) is 5.57. The molecule has 36 heavy (non-hydrogen) atoms. The Morgan fingerprint density at radius 2 is 1.94 bits per heavy atom. The number of amides is 1. The number of amidine groups is 1. The lowest BCUT2D eigenvalue weighted by molar-refractivity contribution is 0.0739. The molecule has 3 aromatic rings. The molecule has 1 amide bonds. The first-order valence-corrected chi connectivity index (χ1v) is 11.3. The molecule has 0 atom stereocenters. The summed E-state index contributed by atoms with van der Waals surface area (Å²) in [5.74, 6) is 4.37. The number of hydrazone groups is 1. The molecular formula is C25H22F2N8O. The lowest BCUT2D eigenvalue weighted by Crippen LogP contribution is -2.51. The van der Waals surface area contributed by atoms with Crippen LogP contribution in [0.25, 0.3) is 11.3 Å². The number of benzene rings is 1. The number of nitrogens with two attached hydrogens (primary N) is 1. The SMILES string of the molecule is CCc1ncnc(-c2cc(F)c(C(=O)N3CCN4CNN=C4C3)c(F)c2)c1C#Cc1ccc(N)nc1. The number of rotatable bonds is 3. The molecule has 0 saturated carbocycles.